The van der Waals surface area contributed by atoms with E-state index in [0.717, 1.165) is 98.9 Å². The van der Waals surface area contributed by atoms with Gasteiger partial charge in [-0.1, -0.05) is 25.0 Å². The number of aryl methyl sites for hydroxylation is 1. The van der Waals surface area contributed by atoms with Crippen LogP contribution in [0.25, 0.3) is 22.1 Å². The number of piperidine rings is 1. The Morgan fingerprint density at radius 2 is 1.70 bits per heavy atom. The van der Waals surface area contributed by atoms with Gasteiger partial charge in [0.2, 0.25) is 17.8 Å². The van der Waals surface area contributed by atoms with Gasteiger partial charge < -0.3 is 19.7 Å². The zero-order valence-electron chi connectivity index (χ0n) is 32.1. The number of hydrogen-bond donors (Lipinski definition) is 2. The van der Waals surface area contributed by atoms with Crippen LogP contribution >= 0.6 is 0 Å². The topological polar surface area (TPSA) is 156 Å². The maximum atomic E-state index is 13.5. The number of anilines is 3. The summed E-state index contributed by atoms with van der Waals surface area (Å²) in [6.45, 7) is 3.76. The standard InChI is InChI=1S/C41H47N11O4/c1-47(2)37(55)31-19-25-20-43-38(46-35(25)51(31)26-7-4-5-8-26)44-32-13-11-27(21-42-32)49-15-17-50(18-16-49)41-22-40(23-41,24-41)28-9-6-10-29-34(28)48(3)39(56)52(29)30-12-14-33(53)45-36(30)54/h6,9-11,13,19-21,26,30H,4-5,7-8,12,14-18,22-24H2,1-3H3,(H,45,53,54)(H,42,43,44,46)/t30-,40?,41?/m0/s1. The highest BCUT2D eigenvalue weighted by Gasteiger charge is 2.71. The van der Waals surface area contributed by atoms with E-state index in [1.54, 1.807) is 41.4 Å². The zero-order valence-corrected chi connectivity index (χ0v) is 32.1. The molecule has 2 aliphatic heterocycles. The molecule has 2 bridgehead atoms. The lowest BCUT2D eigenvalue weighted by atomic mass is 9.36. The van der Waals surface area contributed by atoms with E-state index in [2.05, 4.69) is 42.1 Å². The van der Waals surface area contributed by atoms with E-state index in [0.29, 0.717) is 23.9 Å². The van der Waals surface area contributed by atoms with Crippen molar-refractivity contribution in [1.82, 2.24) is 43.8 Å². The summed E-state index contributed by atoms with van der Waals surface area (Å²) in [5.41, 5.74) is 5.37. The number of benzene rings is 1. The Balaban J connectivity index is 0.794. The molecule has 6 fully saturated rings. The molecule has 4 aliphatic carbocycles. The second kappa shape index (κ2) is 12.7. The molecule has 290 valence electrons. The van der Waals surface area contributed by atoms with Crippen LogP contribution in [-0.2, 0) is 22.1 Å². The number of imide groups is 1. The molecule has 1 atom stereocenters. The highest BCUT2D eigenvalue weighted by atomic mass is 16.2. The van der Waals surface area contributed by atoms with Crippen molar-refractivity contribution >= 4 is 57.2 Å². The first-order valence-electron chi connectivity index (χ1n) is 19.9. The Bertz CT molecular complexity index is 2460. The second-order valence-corrected chi connectivity index (χ2v) is 16.9. The van der Waals surface area contributed by atoms with Gasteiger partial charge in [-0.25, -0.2) is 14.8 Å². The quantitative estimate of drug-likeness (QED) is 0.222. The van der Waals surface area contributed by atoms with Crippen molar-refractivity contribution in [3.05, 3.63) is 70.5 Å². The van der Waals surface area contributed by atoms with Crippen LogP contribution in [0.15, 0.2) is 53.6 Å². The highest BCUT2D eigenvalue weighted by Crippen LogP contribution is 2.71. The maximum Gasteiger partial charge on any atom is 0.329 e. The predicted molar refractivity (Wildman–Crippen MR) is 211 cm³/mol. The average molecular weight is 758 g/mol. The molecule has 1 aromatic carbocycles. The number of nitrogens with zero attached hydrogens (tertiary/aromatic N) is 9. The van der Waals surface area contributed by atoms with Gasteiger partial charge >= 0.3 is 5.69 Å². The summed E-state index contributed by atoms with van der Waals surface area (Å²) in [6, 6.07) is 11.6. The molecule has 56 heavy (non-hydrogen) atoms. The lowest BCUT2D eigenvalue weighted by molar-refractivity contribution is -0.170. The SMILES string of the molecule is CN(C)C(=O)c1cc2cnc(Nc3ccc(N4CCN(C56CC(c7cccc8c7n(C)c(=O)n8[C@H]7CCC(=O)NC7=O)(C5)C6)CC4)cn3)nc2n1C1CCCC1. The molecule has 6 heterocycles. The molecule has 4 aromatic heterocycles. The number of pyridine rings is 1. The third-order valence-electron chi connectivity index (χ3n) is 13.4. The fourth-order valence-electron chi connectivity index (χ4n) is 10.6. The van der Waals surface area contributed by atoms with Gasteiger partial charge in [0.15, 0.2) is 0 Å². The van der Waals surface area contributed by atoms with Gasteiger partial charge in [-0.3, -0.25) is 33.7 Å². The molecule has 5 aromatic rings. The minimum absolute atomic E-state index is 0.0286. The molecule has 0 spiro atoms. The van der Waals surface area contributed by atoms with Crippen LogP contribution in [0.2, 0.25) is 0 Å². The first kappa shape index (κ1) is 34.9. The Labute approximate surface area is 323 Å². The van der Waals surface area contributed by atoms with E-state index in [-0.39, 0.29) is 40.9 Å². The van der Waals surface area contributed by atoms with Crippen LogP contribution in [-0.4, -0.2) is 102 Å². The molecule has 15 heteroatoms. The molecule has 15 nitrogen and oxygen atoms in total. The van der Waals surface area contributed by atoms with Gasteiger partial charge in [0.05, 0.1) is 22.9 Å². The number of aromatic nitrogens is 6. The van der Waals surface area contributed by atoms with Crippen molar-refractivity contribution in [2.45, 2.75) is 80.8 Å². The lowest BCUT2D eigenvalue weighted by Crippen LogP contribution is -2.78. The number of rotatable bonds is 8. The Morgan fingerprint density at radius 1 is 0.929 bits per heavy atom. The summed E-state index contributed by atoms with van der Waals surface area (Å²) in [4.78, 5) is 72.0. The number of amides is 3. The molecular weight excluding hydrogens is 711 g/mol. The summed E-state index contributed by atoms with van der Waals surface area (Å²) >= 11 is 0. The third-order valence-corrected chi connectivity index (χ3v) is 13.4. The molecular formula is C41H47N11O4. The smallest absolute Gasteiger partial charge is 0.329 e. The lowest BCUT2D eigenvalue weighted by Gasteiger charge is -2.75. The first-order chi connectivity index (χ1) is 27.0. The van der Waals surface area contributed by atoms with E-state index in [1.807, 2.05) is 30.5 Å². The van der Waals surface area contributed by atoms with Crippen LogP contribution < -0.4 is 21.2 Å². The van der Waals surface area contributed by atoms with Gasteiger partial charge in [-0.2, -0.15) is 4.98 Å². The Morgan fingerprint density at radius 3 is 2.39 bits per heavy atom. The van der Waals surface area contributed by atoms with Gasteiger partial charge in [-0.15, -0.1) is 0 Å². The number of carbonyl (C=O) groups is 3. The van der Waals surface area contributed by atoms with E-state index < -0.39 is 11.9 Å². The number of imidazole rings is 1. The van der Waals surface area contributed by atoms with Gasteiger partial charge in [-0.05, 0) is 68.4 Å². The molecule has 4 saturated carbocycles. The highest BCUT2D eigenvalue weighted by molar-refractivity contribution is 6.00. The number of para-hydroxylation sites is 1. The molecule has 3 amide bonds. The predicted octanol–water partition coefficient (Wildman–Crippen LogP) is 4.01. The Kier molecular flexibility index (Phi) is 7.93. The average Bonchev–Trinajstić information content (AvgIpc) is 3.88. The van der Waals surface area contributed by atoms with Crippen LogP contribution in [0.4, 0.5) is 17.5 Å². The summed E-state index contributed by atoms with van der Waals surface area (Å²) in [5, 5.41) is 6.56. The van der Waals surface area contributed by atoms with Crippen molar-refractivity contribution < 1.29 is 14.4 Å². The van der Waals surface area contributed by atoms with Crippen molar-refractivity contribution in [3.8, 4) is 0 Å². The summed E-state index contributed by atoms with van der Waals surface area (Å²) in [6.07, 6.45) is 11.8. The van der Waals surface area contributed by atoms with Gasteiger partial charge in [0.1, 0.15) is 23.2 Å². The third kappa shape index (κ3) is 5.30. The molecule has 0 unspecified atom stereocenters. The van der Waals surface area contributed by atoms with E-state index in [4.69, 9.17) is 9.97 Å². The Hall–Kier alpha value is -5.57. The van der Waals surface area contributed by atoms with E-state index >= 15 is 0 Å². The van der Waals surface area contributed by atoms with Crippen molar-refractivity contribution in [1.29, 1.82) is 0 Å². The fourth-order valence-corrected chi connectivity index (χ4v) is 10.6. The summed E-state index contributed by atoms with van der Waals surface area (Å²) in [5.74, 6) is 0.391. The van der Waals surface area contributed by atoms with E-state index in [1.165, 1.54) is 5.56 Å². The fraction of sp³-hybridized carbons (Fsp3) is 0.488. The number of hydrogen-bond acceptors (Lipinski definition) is 10. The van der Waals surface area contributed by atoms with Gasteiger partial charge in [0, 0.05) is 82.3 Å². The summed E-state index contributed by atoms with van der Waals surface area (Å²) < 4.78 is 5.40. The van der Waals surface area contributed by atoms with Crippen LogP contribution in [0.1, 0.15) is 85.9 Å². The molecule has 6 aliphatic rings. The normalized spacial score (nSPS) is 25.3. The van der Waals surface area contributed by atoms with E-state index in [9.17, 15) is 19.2 Å². The maximum absolute atomic E-state index is 13.5. The minimum atomic E-state index is -0.683. The van der Waals surface area contributed by atoms with Crippen LogP contribution in [0, 0.1) is 0 Å². The minimum Gasteiger partial charge on any atom is -0.368 e. The zero-order chi connectivity index (χ0) is 38.5. The van der Waals surface area contributed by atoms with Crippen molar-refractivity contribution in [2.24, 2.45) is 7.05 Å². The molecule has 2 N–H and O–H groups in total. The summed E-state index contributed by atoms with van der Waals surface area (Å²) in [7, 11) is 5.35. The number of fused-ring (bicyclic) bond motifs is 2. The monoisotopic (exact) mass is 757 g/mol. The van der Waals surface area contributed by atoms with Crippen LogP contribution in [0.5, 0.6) is 0 Å². The van der Waals surface area contributed by atoms with Crippen LogP contribution in [0.3, 0.4) is 0 Å². The largest absolute Gasteiger partial charge is 0.368 e. The number of piperazine rings is 1. The number of carbonyl (C=O) groups excluding carboxylic acids is 3. The molecule has 11 rings (SSSR count). The molecule has 0 radical (unpaired) electrons. The van der Waals surface area contributed by atoms with Gasteiger partial charge in [0.25, 0.3) is 5.91 Å². The molecule has 2 saturated heterocycles. The second-order valence-electron chi connectivity index (χ2n) is 16.9. The number of nitrogens with one attached hydrogen (secondary N) is 2. The van der Waals surface area contributed by atoms with Crippen molar-refractivity contribution in [2.75, 3.05) is 50.5 Å². The van der Waals surface area contributed by atoms with Crippen molar-refractivity contribution in [3.63, 3.8) is 0 Å². The first-order valence-corrected chi connectivity index (χ1v) is 19.9.